The summed E-state index contributed by atoms with van der Waals surface area (Å²) in [7, 11) is 0. The van der Waals surface area contributed by atoms with Crippen LogP contribution in [0.15, 0.2) is 18.2 Å². The van der Waals surface area contributed by atoms with Crippen molar-refractivity contribution in [2.45, 2.75) is 33.0 Å². The molecule has 0 aliphatic carbocycles. The van der Waals surface area contributed by atoms with Crippen molar-refractivity contribution in [2.24, 2.45) is 5.73 Å². The molecule has 88 valence electrons. The Labute approximate surface area is 101 Å². The van der Waals surface area contributed by atoms with Crippen molar-refractivity contribution in [1.82, 2.24) is 0 Å². The average Bonchev–Trinajstić information content (AvgIpc) is 2.14. The molecule has 1 rings (SSSR count). The third-order valence-corrected chi connectivity index (χ3v) is 2.23. The third-order valence-electron chi connectivity index (χ3n) is 2.00. The highest BCUT2D eigenvalue weighted by atomic mass is 32.1. The zero-order valence-electron chi connectivity index (χ0n) is 9.71. The number of halogens is 1. The van der Waals surface area contributed by atoms with Crippen LogP contribution in [0.3, 0.4) is 0 Å². The van der Waals surface area contributed by atoms with E-state index in [9.17, 15) is 4.39 Å². The maximum atomic E-state index is 13.6. The number of hydrogen-bond donors (Lipinski definition) is 1. The van der Waals surface area contributed by atoms with Gasteiger partial charge in [-0.25, -0.2) is 4.39 Å². The van der Waals surface area contributed by atoms with E-state index in [1.165, 1.54) is 6.07 Å². The van der Waals surface area contributed by atoms with Crippen LogP contribution in [0.2, 0.25) is 0 Å². The molecule has 16 heavy (non-hydrogen) atoms. The quantitative estimate of drug-likeness (QED) is 0.826. The van der Waals surface area contributed by atoms with E-state index >= 15 is 0 Å². The summed E-state index contributed by atoms with van der Waals surface area (Å²) in [6.45, 7) is 6.02. The molecule has 0 saturated carbocycles. The summed E-state index contributed by atoms with van der Waals surface area (Å²) in [4.78, 5) is 0.196. The lowest BCUT2D eigenvalue weighted by molar-refractivity contribution is -0.0161. The molecule has 1 aromatic carbocycles. The first-order valence-corrected chi connectivity index (χ1v) is 5.42. The Bertz CT molecular complexity index is 398. The van der Waals surface area contributed by atoms with Gasteiger partial charge in [0.15, 0.2) is 0 Å². The molecule has 0 amide bonds. The Hall–Kier alpha value is -1.00. The molecule has 2 N–H and O–H groups in total. The summed E-state index contributed by atoms with van der Waals surface area (Å²) in [5.41, 5.74) is 6.17. The van der Waals surface area contributed by atoms with Gasteiger partial charge in [0.05, 0.1) is 12.2 Å². The lowest BCUT2D eigenvalue weighted by Crippen LogP contribution is -2.19. The molecule has 0 unspecified atom stereocenters. The van der Waals surface area contributed by atoms with Crippen LogP contribution < -0.4 is 5.73 Å². The van der Waals surface area contributed by atoms with E-state index in [0.717, 1.165) is 0 Å². The van der Waals surface area contributed by atoms with Crippen LogP contribution >= 0.6 is 12.2 Å². The standard InChI is InChI=1S/C12H16FNOS/c1-12(2,3)15-7-9-5-4-8(11(14)16)6-10(9)13/h4-6H,7H2,1-3H3,(H2,14,16). The Kier molecular flexibility index (Phi) is 3.99. The van der Waals surface area contributed by atoms with Crippen molar-refractivity contribution in [2.75, 3.05) is 0 Å². The van der Waals surface area contributed by atoms with Crippen LogP contribution in [0.5, 0.6) is 0 Å². The van der Waals surface area contributed by atoms with Crippen molar-refractivity contribution in [3.63, 3.8) is 0 Å². The van der Waals surface area contributed by atoms with E-state index < -0.39 is 0 Å². The fourth-order valence-corrected chi connectivity index (χ4v) is 1.24. The molecule has 2 nitrogen and oxygen atoms in total. The van der Waals surface area contributed by atoms with Gasteiger partial charge in [-0.05, 0) is 26.8 Å². The Morgan fingerprint density at radius 2 is 2.06 bits per heavy atom. The van der Waals surface area contributed by atoms with Crippen LogP contribution in [0.4, 0.5) is 4.39 Å². The molecule has 0 aromatic heterocycles. The molecule has 0 bridgehead atoms. The summed E-state index contributed by atoms with van der Waals surface area (Å²) in [6.07, 6.45) is 0. The molecular weight excluding hydrogens is 225 g/mol. The van der Waals surface area contributed by atoms with Crippen LogP contribution in [0.25, 0.3) is 0 Å². The summed E-state index contributed by atoms with van der Waals surface area (Å²) >= 11 is 4.77. The molecule has 0 atom stereocenters. The molecule has 0 aliphatic rings. The molecule has 0 radical (unpaired) electrons. The van der Waals surface area contributed by atoms with E-state index in [0.29, 0.717) is 11.1 Å². The maximum absolute atomic E-state index is 13.6. The molecule has 0 heterocycles. The monoisotopic (exact) mass is 241 g/mol. The normalized spacial score (nSPS) is 11.5. The van der Waals surface area contributed by atoms with Gasteiger partial charge in [-0.1, -0.05) is 24.4 Å². The lowest BCUT2D eigenvalue weighted by Gasteiger charge is -2.19. The third kappa shape index (κ3) is 3.87. The van der Waals surface area contributed by atoms with Crippen molar-refractivity contribution >= 4 is 17.2 Å². The number of nitrogens with two attached hydrogens (primary N) is 1. The summed E-state index contributed by atoms with van der Waals surface area (Å²) in [5, 5.41) is 0. The second-order valence-corrected chi connectivity index (χ2v) is 5.01. The summed E-state index contributed by atoms with van der Waals surface area (Å²) in [6, 6.07) is 4.69. The predicted octanol–water partition coefficient (Wildman–Crippen LogP) is 2.78. The van der Waals surface area contributed by atoms with Crippen LogP contribution in [-0.2, 0) is 11.3 Å². The van der Waals surface area contributed by atoms with E-state index in [2.05, 4.69) is 0 Å². The maximum Gasteiger partial charge on any atom is 0.129 e. The predicted molar refractivity (Wildman–Crippen MR) is 66.8 cm³/mol. The number of ether oxygens (including phenoxy) is 1. The van der Waals surface area contributed by atoms with E-state index in [1.807, 2.05) is 20.8 Å². The first kappa shape index (κ1) is 13.1. The topological polar surface area (TPSA) is 35.2 Å². The number of hydrogen-bond acceptors (Lipinski definition) is 2. The second-order valence-electron chi connectivity index (χ2n) is 4.57. The van der Waals surface area contributed by atoms with Gasteiger partial charge in [-0.3, -0.25) is 0 Å². The number of rotatable bonds is 3. The highest BCUT2D eigenvalue weighted by Crippen LogP contribution is 2.15. The Balaban J connectivity index is 2.80. The van der Waals surface area contributed by atoms with Gasteiger partial charge >= 0.3 is 0 Å². The summed E-state index contributed by atoms with van der Waals surface area (Å²) < 4.78 is 19.1. The fourth-order valence-electron chi connectivity index (χ4n) is 1.11. The minimum absolute atomic E-state index is 0.196. The van der Waals surface area contributed by atoms with Crippen LogP contribution in [0.1, 0.15) is 31.9 Å². The SMILES string of the molecule is CC(C)(C)OCc1ccc(C(N)=S)cc1F. The van der Waals surface area contributed by atoms with Crippen molar-refractivity contribution < 1.29 is 9.13 Å². The van der Waals surface area contributed by atoms with Crippen molar-refractivity contribution in [3.8, 4) is 0 Å². The highest BCUT2D eigenvalue weighted by Gasteiger charge is 2.12. The largest absolute Gasteiger partial charge is 0.389 e. The highest BCUT2D eigenvalue weighted by molar-refractivity contribution is 7.80. The summed E-state index contributed by atoms with van der Waals surface area (Å²) in [5.74, 6) is -0.338. The molecule has 0 aliphatic heterocycles. The minimum atomic E-state index is -0.338. The molecule has 0 saturated heterocycles. The Morgan fingerprint density at radius 3 is 2.50 bits per heavy atom. The van der Waals surface area contributed by atoms with Crippen LogP contribution in [-0.4, -0.2) is 10.6 Å². The first-order chi connectivity index (χ1) is 7.29. The lowest BCUT2D eigenvalue weighted by atomic mass is 10.1. The fraction of sp³-hybridized carbons (Fsp3) is 0.417. The van der Waals surface area contributed by atoms with Crippen molar-refractivity contribution in [3.05, 3.63) is 35.1 Å². The molecular formula is C12H16FNOS. The van der Waals surface area contributed by atoms with Gasteiger partial charge in [0.25, 0.3) is 0 Å². The zero-order chi connectivity index (χ0) is 12.3. The van der Waals surface area contributed by atoms with Gasteiger partial charge in [-0.2, -0.15) is 0 Å². The number of thiocarbonyl (C=S) groups is 1. The zero-order valence-corrected chi connectivity index (χ0v) is 10.5. The van der Waals surface area contributed by atoms with Crippen molar-refractivity contribution in [1.29, 1.82) is 0 Å². The first-order valence-electron chi connectivity index (χ1n) is 5.02. The van der Waals surface area contributed by atoms with Gasteiger partial charge < -0.3 is 10.5 Å². The molecule has 0 fully saturated rings. The molecule has 0 spiro atoms. The van der Waals surface area contributed by atoms with Crippen LogP contribution in [0, 0.1) is 5.82 Å². The average molecular weight is 241 g/mol. The smallest absolute Gasteiger partial charge is 0.129 e. The van der Waals surface area contributed by atoms with E-state index in [4.69, 9.17) is 22.7 Å². The van der Waals surface area contributed by atoms with Gasteiger partial charge in [0.2, 0.25) is 0 Å². The van der Waals surface area contributed by atoms with Gasteiger partial charge in [0.1, 0.15) is 10.8 Å². The molecule has 4 heteroatoms. The van der Waals surface area contributed by atoms with Gasteiger partial charge in [-0.15, -0.1) is 0 Å². The second kappa shape index (κ2) is 4.89. The minimum Gasteiger partial charge on any atom is -0.389 e. The molecule has 1 aromatic rings. The van der Waals surface area contributed by atoms with E-state index in [-0.39, 0.29) is 23.0 Å². The number of benzene rings is 1. The van der Waals surface area contributed by atoms with Gasteiger partial charge in [0, 0.05) is 11.1 Å². The van der Waals surface area contributed by atoms with E-state index in [1.54, 1.807) is 12.1 Å². The Morgan fingerprint density at radius 1 is 1.44 bits per heavy atom.